The third-order valence-corrected chi connectivity index (χ3v) is 4.51. The average Bonchev–Trinajstić information content (AvgIpc) is 3.18. The molecule has 1 aliphatic rings. The molecule has 6 nitrogen and oxygen atoms in total. The van der Waals surface area contributed by atoms with Crippen LogP contribution in [0.2, 0.25) is 5.02 Å². The van der Waals surface area contributed by atoms with Crippen molar-refractivity contribution in [1.29, 1.82) is 0 Å². The van der Waals surface area contributed by atoms with Gasteiger partial charge in [0.05, 0.1) is 23.0 Å². The third kappa shape index (κ3) is 2.31. The lowest BCUT2D eigenvalue weighted by molar-refractivity contribution is 0.0722. The number of amides is 1. The molecule has 118 valence electrons. The summed E-state index contributed by atoms with van der Waals surface area (Å²) >= 11 is 6.17. The molecule has 0 aliphatic carbocycles. The molecule has 0 unspecified atom stereocenters. The highest BCUT2D eigenvalue weighted by atomic mass is 35.5. The Balaban J connectivity index is 1.97. The van der Waals surface area contributed by atoms with Crippen molar-refractivity contribution >= 4 is 17.5 Å². The minimum atomic E-state index is -0.0770. The summed E-state index contributed by atoms with van der Waals surface area (Å²) in [6, 6.07) is -0.00461. The second kappa shape index (κ2) is 5.76. The number of rotatable bonds is 3. The predicted molar refractivity (Wildman–Crippen MR) is 81.9 cm³/mol. The SMILES string of the molecule is CCn1ncc(Cl)c1C(=O)N1CCC[C@@H]1c1c(C)noc1C. The zero-order valence-electron chi connectivity index (χ0n) is 13.0. The van der Waals surface area contributed by atoms with Gasteiger partial charge in [0.15, 0.2) is 0 Å². The van der Waals surface area contributed by atoms with E-state index < -0.39 is 0 Å². The van der Waals surface area contributed by atoms with E-state index in [4.69, 9.17) is 16.1 Å². The standard InChI is InChI=1S/C15H19ClN4O2/c1-4-20-14(11(16)8-17-20)15(21)19-7-5-6-12(19)13-9(2)18-22-10(13)3/h8,12H,4-7H2,1-3H3/t12-/m1/s1. The van der Waals surface area contributed by atoms with Gasteiger partial charge in [-0.25, -0.2) is 0 Å². The Kier molecular flexibility index (Phi) is 3.95. The lowest BCUT2D eigenvalue weighted by Crippen LogP contribution is -2.33. The summed E-state index contributed by atoms with van der Waals surface area (Å²) < 4.78 is 6.91. The summed E-state index contributed by atoms with van der Waals surface area (Å²) in [6.07, 6.45) is 3.39. The second-order valence-corrected chi connectivity index (χ2v) is 5.96. The summed E-state index contributed by atoms with van der Waals surface area (Å²) in [5, 5.41) is 8.57. The molecule has 0 bridgehead atoms. The molecule has 3 rings (SSSR count). The fraction of sp³-hybridized carbons (Fsp3) is 0.533. The minimum Gasteiger partial charge on any atom is -0.361 e. The van der Waals surface area contributed by atoms with E-state index in [0.717, 1.165) is 29.9 Å². The van der Waals surface area contributed by atoms with Crippen LogP contribution in [0.25, 0.3) is 0 Å². The number of hydrogen-bond acceptors (Lipinski definition) is 4. The van der Waals surface area contributed by atoms with Gasteiger partial charge in [0.2, 0.25) is 0 Å². The van der Waals surface area contributed by atoms with Crippen molar-refractivity contribution in [3.05, 3.63) is 33.9 Å². The van der Waals surface area contributed by atoms with E-state index in [9.17, 15) is 4.79 Å². The van der Waals surface area contributed by atoms with Crippen LogP contribution in [0.3, 0.4) is 0 Å². The summed E-state index contributed by atoms with van der Waals surface area (Å²) in [5.41, 5.74) is 2.32. The van der Waals surface area contributed by atoms with Gasteiger partial charge in [0.25, 0.3) is 5.91 Å². The second-order valence-electron chi connectivity index (χ2n) is 5.55. The van der Waals surface area contributed by atoms with Gasteiger partial charge in [0.1, 0.15) is 11.5 Å². The Bertz CT molecular complexity index is 687. The van der Waals surface area contributed by atoms with E-state index in [1.807, 2.05) is 25.7 Å². The summed E-state index contributed by atoms with van der Waals surface area (Å²) in [6.45, 7) is 7.06. The van der Waals surface area contributed by atoms with E-state index in [1.54, 1.807) is 4.68 Å². The van der Waals surface area contributed by atoms with Crippen LogP contribution in [0.15, 0.2) is 10.7 Å². The van der Waals surface area contributed by atoms with Gasteiger partial charge in [0, 0.05) is 18.7 Å². The number of likely N-dealkylation sites (tertiary alicyclic amines) is 1. The van der Waals surface area contributed by atoms with E-state index in [2.05, 4.69) is 10.3 Å². The van der Waals surface area contributed by atoms with Gasteiger partial charge in [-0.1, -0.05) is 16.8 Å². The number of halogens is 1. The fourth-order valence-electron chi connectivity index (χ4n) is 3.23. The lowest BCUT2D eigenvalue weighted by atomic mass is 10.0. The quantitative estimate of drug-likeness (QED) is 0.870. The smallest absolute Gasteiger partial charge is 0.274 e. The Morgan fingerprint density at radius 2 is 2.27 bits per heavy atom. The van der Waals surface area contributed by atoms with Crippen LogP contribution in [0.1, 0.15) is 53.3 Å². The number of carbonyl (C=O) groups excluding carboxylic acids is 1. The largest absolute Gasteiger partial charge is 0.361 e. The van der Waals surface area contributed by atoms with Gasteiger partial charge >= 0.3 is 0 Å². The molecule has 0 saturated carbocycles. The van der Waals surface area contributed by atoms with Crippen molar-refractivity contribution in [3.8, 4) is 0 Å². The Labute approximate surface area is 134 Å². The molecule has 0 spiro atoms. The minimum absolute atomic E-state index is 0.00461. The summed E-state index contributed by atoms with van der Waals surface area (Å²) in [5.74, 6) is 0.698. The van der Waals surface area contributed by atoms with Crippen molar-refractivity contribution in [2.45, 2.75) is 46.2 Å². The molecule has 2 aromatic rings. The van der Waals surface area contributed by atoms with E-state index in [1.165, 1.54) is 6.20 Å². The Hall–Kier alpha value is -1.82. The van der Waals surface area contributed by atoms with Crippen molar-refractivity contribution in [2.75, 3.05) is 6.54 Å². The maximum Gasteiger partial charge on any atom is 0.274 e. The zero-order valence-corrected chi connectivity index (χ0v) is 13.7. The first-order valence-electron chi connectivity index (χ1n) is 7.49. The van der Waals surface area contributed by atoms with Crippen LogP contribution in [-0.4, -0.2) is 32.3 Å². The van der Waals surface area contributed by atoms with E-state index in [-0.39, 0.29) is 11.9 Å². The molecule has 1 fully saturated rings. The highest BCUT2D eigenvalue weighted by molar-refractivity contribution is 6.33. The predicted octanol–water partition coefficient (Wildman–Crippen LogP) is 3.14. The van der Waals surface area contributed by atoms with Crippen LogP contribution >= 0.6 is 11.6 Å². The molecule has 2 aromatic heterocycles. The topological polar surface area (TPSA) is 64.2 Å². The Morgan fingerprint density at radius 3 is 2.91 bits per heavy atom. The first-order valence-corrected chi connectivity index (χ1v) is 7.87. The van der Waals surface area contributed by atoms with Gasteiger partial charge in [-0.2, -0.15) is 5.10 Å². The number of carbonyl (C=O) groups is 1. The molecular weight excluding hydrogens is 304 g/mol. The van der Waals surface area contributed by atoms with Crippen LogP contribution in [0.5, 0.6) is 0 Å². The van der Waals surface area contributed by atoms with Crippen LogP contribution in [-0.2, 0) is 6.54 Å². The maximum absolute atomic E-state index is 13.0. The monoisotopic (exact) mass is 322 g/mol. The molecule has 0 radical (unpaired) electrons. The van der Waals surface area contributed by atoms with Crippen LogP contribution in [0.4, 0.5) is 0 Å². The molecule has 1 amide bonds. The molecule has 0 aromatic carbocycles. The normalized spacial score (nSPS) is 18.2. The molecule has 1 aliphatic heterocycles. The number of aryl methyl sites for hydroxylation is 3. The van der Waals surface area contributed by atoms with Gasteiger partial charge in [-0.05, 0) is 33.6 Å². The first-order chi connectivity index (χ1) is 10.5. The zero-order chi connectivity index (χ0) is 15.9. The molecule has 7 heteroatoms. The molecular formula is C15H19ClN4O2. The van der Waals surface area contributed by atoms with Gasteiger partial charge in [-0.3, -0.25) is 9.48 Å². The van der Waals surface area contributed by atoms with Gasteiger partial charge in [-0.15, -0.1) is 0 Å². The highest BCUT2D eigenvalue weighted by Gasteiger charge is 2.36. The Morgan fingerprint density at radius 1 is 1.50 bits per heavy atom. The van der Waals surface area contributed by atoms with Gasteiger partial charge < -0.3 is 9.42 Å². The molecule has 1 atom stereocenters. The fourth-order valence-corrected chi connectivity index (χ4v) is 3.45. The molecule has 0 N–H and O–H groups in total. The summed E-state index contributed by atoms with van der Waals surface area (Å²) in [7, 11) is 0. The third-order valence-electron chi connectivity index (χ3n) is 4.23. The van der Waals surface area contributed by atoms with Crippen LogP contribution < -0.4 is 0 Å². The van der Waals surface area contributed by atoms with E-state index in [0.29, 0.717) is 23.8 Å². The number of nitrogens with zero attached hydrogens (tertiary/aromatic N) is 4. The molecule has 1 saturated heterocycles. The summed E-state index contributed by atoms with van der Waals surface area (Å²) in [4.78, 5) is 14.8. The van der Waals surface area contributed by atoms with E-state index >= 15 is 0 Å². The van der Waals surface area contributed by atoms with Crippen molar-refractivity contribution in [1.82, 2.24) is 19.8 Å². The van der Waals surface area contributed by atoms with Crippen molar-refractivity contribution < 1.29 is 9.32 Å². The van der Waals surface area contributed by atoms with Crippen molar-refractivity contribution in [2.24, 2.45) is 0 Å². The lowest BCUT2D eigenvalue weighted by Gasteiger charge is -2.25. The number of aromatic nitrogens is 3. The number of hydrogen-bond donors (Lipinski definition) is 0. The molecule has 22 heavy (non-hydrogen) atoms. The van der Waals surface area contributed by atoms with Crippen molar-refractivity contribution in [3.63, 3.8) is 0 Å². The van der Waals surface area contributed by atoms with Crippen LogP contribution in [0, 0.1) is 13.8 Å². The molecule has 3 heterocycles. The highest BCUT2D eigenvalue weighted by Crippen LogP contribution is 2.37. The first kappa shape index (κ1) is 15.1. The maximum atomic E-state index is 13.0. The average molecular weight is 323 g/mol.